The van der Waals surface area contributed by atoms with E-state index in [0.717, 1.165) is 26.0 Å². The van der Waals surface area contributed by atoms with Gasteiger partial charge in [0.2, 0.25) is 6.41 Å². The molecule has 0 fully saturated rings. The quantitative estimate of drug-likeness (QED) is 0.300. The zero-order valence-electron chi connectivity index (χ0n) is 18.7. The Hall–Kier alpha value is -4.97. The zero-order chi connectivity index (χ0) is 24.2. The molecule has 0 saturated heterocycles. The number of hydrogen-bond acceptors (Lipinski definition) is 3. The lowest BCUT2D eigenvalue weighted by Gasteiger charge is -2.27. The maximum absolute atomic E-state index is 13.7. The Morgan fingerprint density at radius 2 is 1.31 bits per heavy atom. The van der Waals surface area contributed by atoms with Crippen LogP contribution in [0.5, 0.6) is 0 Å². The number of para-hydroxylation sites is 1. The van der Waals surface area contributed by atoms with E-state index in [4.69, 9.17) is 0 Å². The second-order valence-electron chi connectivity index (χ2n) is 7.92. The molecule has 5 amide bonds. The fourth-order valence-electron chi connectivity index (χ4n) is 4.06. The van der Waals surface area contributed by atoms with E-state index in [1.807, 2.05) is 66.7 Å². The summed E-state index contributed by atoms with van der Waals surface area (Å²) in [5.41, 5.74) is 1.26. The van der Waals surface area contributed by atoms with E-state index in [2.05, 4.69) is 5.32 Å². The molecule has 0 aliphatic rings. The van der Waals surface area contributed by atoms with Crippen molar-refractivity contribution in [2.45, 2.75) is 0 Å². The number of nitrogens with zero attached hydrogens (tertiary/aromatic N) is 2. The van der Waals surface area contributed by atoms with Gasteiger partial charge >= 0.3 is 12.1 Å². The number of amides is 5. The van der Waals surface area contributed by atoms with Crippen LogP contribution in [-0.2, 0) is 4.79 Å². The molecule has 0 aromatic heterocycles. The van der Waals surface area contributed by atoms with Crippen LogP contribution in [0.15, 0.2) is 115 Å². The molecule has 0 atom stereocenters. The third-order valence-corrected chi connectivity index (χ3v) is 5.75. The predicted molar refractivity (Wildman–Crippen MR) is 140 cm³/mol. The van der Waals surface area contributed by atoms with Crippen LogP contribution in [0.25, 0.3) is 21.5 Å². The SMILES string of the molecule is O=CN(C(=O)N(C(=O)Nc1ccc2ccccc2c1)c1cccc2ccccc12)c1ccccc1. The standard InChI is InChI=1S/C29H21N3O3/c33-20-31(25-13-2-1-3-14-25)29(35)32(27-16-8-12-22-10-6-7-15-26(22)27)28(34)30-24-18-17-21-9-4-5-11-23(21)19-24/h1-20H,(H,30,34). The van der Waals surface area contributed by atoms with Crippen LogP contribution < -0.4 is 15.1 Å². The van der Waals surface area contributed by atoms with E-state index in [1.165, 1.54) is 0 Å². The second kappa shape index (κ2) is 9.49. The lowest BCUT2D eigenvalue weighted by atomic mass is 10.1. The van der Waals surface area contributed by atoms with Gasteiger partial charge in [0.25, 0.3) is 0 Å². The van der Waals surface area contributed by atoms with E-state index >= 15 is 0 Å². The van der Waals surface area contributed by atoms with Gasteiger partial charge in [-0.1, -0.05) is 84.9 Å². The fourth-order valence-corrected chi connectivity index (χ4v) is 4.06. The lowest BCUT2D eigenvalue weighted by molar-refractivity contribution is -0.106. The minimum Gasteiger partial charge on any atom is -0.307 e. The number of rotatable bonds is 4. The van der Waals surface area contributed by atoms with Crippen molar-refractivity contribution in [3.63, 3.8) is 0 Å². The molecule has 0 aliphatic carbocycles. The maximum atomic E-state index is 13.7. The van der Waals surface area contributed by atoms with Crippen molar-refractivity contribution in [1.29, 1.82) is 0 Å². The number of hydrogen-bond donors (Lipinski definition) is 1. The van der Waals surface area contributed by atoms with Crippen LogP contribution >= 0.6 is 0 Å². The van der Waals surface area contributed by atoms with Crippen LogP contribution in [0.4, 0.5) is 26.7 Å². The van der Waals surface area contributed by atoms with Crippen LogP contribution in [0.3, 0.4) is 0 Å². The highest BCUT2D eigenvalue weighted by molar-refractivity contribution is 6.28. The Morgan fingerprint density at radius 1 is 0.657 bits per heavy atom. The lowest BCUT2D eigenvalue weighted by Crippen LogP contribution is -2.48. The van der Waals surface area contributed by atoms with Gasteiger partial charge in [0.15, 0.2) is 0 Å². The molecule has 0 spiro atoms. The van der Waals surface area contributed by atoms with Crippen LogP contribution in [0.2, 0.25) is 0 Å². The number of urea groups is 2. The van der Waals surface area contributed by atoms with Gasteiger partial charge in [-0.05, 0) is 46.5 Å². The van der Waals surface area contributed by atoms with Gasteiger partial charge in [0.05, 0.1) is 11.4 Å². The summed E-state index contributed by atoms with van der Waals surface area (Å²) < 4.78 is 0. The molecular weight excluding hydrogens is 438 g/mol. The maximum Gasteiger partial charge on any atom is 0.343 e. The number of carbonyl (C=O) groups is 3. The summed E-state index contributed by atoms with van der Waals surface area (Å²) in [7, 11) is 0. The van der Waals surface area contributed by atoms with Crippen molar-refractivity contribution < 1.29 is 14.4 Å². The molecule has 0 radical (unpaired) electrons. The van der Waals surface area contributed by atoms with Gasteiger partial charge < -0.3 is 5.32 Å². The van der Waals surface area contributed by atoms with E-state index < -0.39 is 12.1 Å². The van der Waals surface area contributed by atoms with Crippen molar-refractivity contribution in [3.8, 4) is 0 Å². The van der Waals surface area contributed by atoms with Gasteiger partial charge in [-0.3, -0.25) is 4.79 Å². The zero-order valence-corrected chi connectivity index (χ0v) is 18.7. The molecule has 6 heteroatoms. The largest absolute Gasteiger partial charge is 0.343 e. The first-order valence-corrected chi connectivity index (χ1v) is 11.1. The second-order valence-corrected chi connectivity index (χ2v) is 7.92. The van der Waals surface area contributed by atoms with Crippen molar-refractivity contribution in [2.75, 3.05) is 15.1 Å². The van der Waals surface area contributed by atoms with E-state index in [9.17, 15) is 14.4 Å². The van der Waals surface area contributed by atoms with Crippen LogP contribution in [0.1, 0.15) is 0 Å². The first kappa shape index (κ1) is 21.9. The number of benzene rings is 5. The number of anilines is 3. The topological polar surface area (TPSA) is 69.7 Å². The normalized spacial score (nSPS) is 10.6. The van der Waals surface area contributed by atoms with Gasteiger partial charge in [-0.25, -0.2) is 19.4 Å². The Balaban J connectivity index is 1.59. The molecule has 0 bridgehead atoms. The summed E-state index contributed by atoms with van der Waals surface area (Å²) in [4.78, 5) is 41.3. The Bertz CT molecular complexity index is 1540. The molecular formula is C29H21N3O3. The molecule has 170 valence electrons. The number of carbonyl (C=O) groups excluding carboxylic acids is 3. The molecule has 0 aliphatic heterocycles. The van der Waals surface area contributed by atoms with Crippen molar-refractivity contribution in [2.24, 2.45) is 0 Å². The molecule has 0 saturated carbocycles. The summed E-state index contributed by atoms with van der Waals surface area (Å²) in [6.07, 6.45) is 0.416. The third kappa shape index (κ3) is 4.32. The average molecular weight is 460 g/mol. The van der Waals surface area contributed by atoms with Gasteiger partial charge in [0.1, 0.15) is 0 Å². The molecule has 5 rings (SSSR count). The molecule has 1 N–H and O–H groups in total. The minimum absolute atomic E-state index is 0.358. The first-order valence-electron chi connectivity index (χ1n) is 11.1. The molecule has 0 heterocycles. The highest BCUT2D eigenvalue weighted by atomic mass is 16.2. The first-order chi connectivity index (χ1) is 17.2. The highest BCUT2D eigenvalue weighted by Gasteiger charge is 2.30. The van der Waals surface area contributed by atoms with Crippen molar-refractivity contribution >= 4 is 57.1 Å². The Morgan fingerprint density at radius 3 is 2.09 bits per heavy atom. The van der Waals surface area contributed by atoms with Gasteiger partial charge in [-0.2, -0.15) is 0 Å². The summed E-state index contributed by atoms with van der Waals surface area (Å²) in [6, 6.07) is 33.1. The average Bonchev–Trinajstić information content (AvgIpc) is 2.90. The van der Waals surface area contributed by atoms with Crippen LogP contribution in [-0.4, -0.2) is 18.5 Å². The summed E-state index contributed by atoms with van der Waals surface area (Å²) in [5, 5.41) is 6.38. The predicted octanol–water partition coefficient (Wildman–Crippen LogP) is 6.81. The summed E-state index contributed by atoms with van der Waals surface area (Å²) >= 11 is 0. The smallest absolute Gasteiger partial charge is 0.307 e. The van der Waals surface area contributed by atoms with E-state index in [1.54, 1.807) is 48.5 Å². The third-order valence-electron chi connectivity index (χ3n) is 5.75. The molecule has 6 nitrogen and oxygen atoms in total. The summed E-state index contributed by atoms with van der Waals surface area (Å²) in [6.45, 7) is 0. The highest BCUT2D eigenvalue weighted by Crippen LogP contribution is 2.29. The van der Waals surface area contributed by atoms with E-state index in [0.29, 0.717) is 28.9 Å². The van der Waals surface area contributed by atoms with Crippen molar-refractivity contribution in [3.05, 3.63) is 115 Å². The molecule has 5 aromatic carbocycles. The monoisotopic (exact) mass is 459 g/mol. The number of nitrogens with one attached hydrogen (secondary N) is 1. The molecule has 35 heavy (non-hydrogen) atoms. The van der Waals surface area contributed by atoms with Crippen LogP contribution in [0, 0.1) is 0 Å². The molecule has 5 aromatic rings. The van der Waals surface area contributed by atoms with E-state index in [-0.39, 0.29) is 0 Å². The van der Waals surface area contributed by atoms with Crippen molar-refractivity contribution in [1.82, 2.24) is 0 Å². The Kier molecular flexibility index (Phi) is 5.92. The minimum atomic E-state index is -0.791. The summed E-state index contributed by atoms with van der Waals surface area (Å²) in [5.74, 6) is 0. The van der Waals surface area contributed by atoms with Gasteiger partial charge in [-0.15, -0.1) is 0 Å². The fraction of sp³-hybridized carbons (Fsp3) is 0. The molecule has 0 unspecified atom stereocenters. The number of imide groups is 2. The number of fused-ring (bicyclic) bond motifs is 2. The van der Waals surface area contributed by atoms with Gasteiger partial charge in [0, 0.05) is 11.1 Å². The Labute approximate surface area is 202 Å².